The predicted molar refractivity (Wildman–Crippen MR) is 321 cm³/mol. The van der Waals surface area contributed by atoms with E-state index in [4.69, 9.17) is 75.8 Å². The quantitative estimate of drug-likeness (QED) is 0.0324. The molecule has 526 valence electrons. The molecule has 6 aliphatic rings. The van der Waals surface area contributed by atoms with E-state index in [0.717, 1.165) is 13.4 Å². The maximum atomic E-state index is 15.4. The van der Waals surface area contributed by atoms with Gasteiger partial charge in [-0.2, -0.15) is 0 Å². The number of ketones is 2. The van der Waals surface area contributed by atoms with E-state index in [1.165, 1.54) is 60.8 Å². The van der Waals surface area contributed by atoms with Gasteiger partial charge >= 0.3 is 23.9 Å². The van der Waals surface area contributed by atoms with Crippen molar-refractivity contribution in [3.05, 3.63) is 41.7 Å². The normalized spacial score (nSPS) is 36.3. The van der Waals surface area contributed by atoms with Crippen molar-refractivity contribution in [1.29, 1.82) is 0 Å². The number of ether oxygens (including phenoxy) is 16. The van der Waals surface area contributed by atoms with E-state index in [0.29, 0.717) is 0 Å². The predicted octanol–water partition coefficient (Wildman–Crippen LogP) is 3.34. The number of rotatable bonds is 25. The maximum Gasteiger partial charge on any atom is 0.310 e. The molecule has 29 nitrogen and oxygen atoms in total. The number of carbonyl (C=O) groups excluding carboxylic acids is 6. The molecule has 0 aromatic heterocycles. The fourth-order valence-electron chi connectivity index (χ4n) is 13.4. The van der Waals surface area contributed by atoms with Crippen LogP contribution in [0.4, 0.5) is 0 Å². The molecule has 8 rings (SSSR count). The van der Waals surface area contributed by atoms with Crippen LogP contribution < -0.4 is 4.74 Å². The topological polar surface area (TPSA) is 392 Å². The van der Waals surface area contributed by atoms with Gasteiger partial charge in [0.1, 0.15) is 65.6 Å². The molecule has 1 aliphatic carbocycles. The van der Waals surface area contributed by atoms with Crippen LogP contribution in [0.3, 0.4) is 0 Å². The summed E-state index contributed by atoms with van der Waals surface area (Å²) < 4.78 is 95.0. The molecule has 25 atom stereocenters. The summed E-state index contributed by atoms with van der Waals surface area (Å²) in [6.07, 6.45) is -25.6. The molecule has 2 aromatic carbocycles. The Balaban J connectivity index is 1.06. The van der Waals surface area contributed by atoms with E-state index in [-0.39, 0.29) is 97.4 Å². The lowest BCUT2D eigenvalue weighted by atomic mass is 9.75. The first-order valence-corrected chi connectivity index (χ1v) is 31.8. The molecule has 0 saturated carbocycles. The number of hydrogen-bond acceptors (Lipinski definition) is 29. The molecule has 29 heteroatoms. The summed E-state index contributed by atoms with van der Waals surface area (Å²) in [7, 11) is 2.61. The Morgan fingerprint density at radius 3 is 1.84 bits per heavy atom. The minimum absolute atomic E-state index is 0.00651. The van der Waals surface area contributed by atoms with Crippen molar-refractivity contribution in [2.45, 2.75) is 280 Å². The van der Waals surface area contributed by atoms with Crippen molar-refractivity contribution in [1.82, 2.24) is 0 Å². The molecule has 5 fully saturated rings. The van der Waals surface area contributed by atoms with Crippen molar-refractivity contribution in [3.63, 3.8) is 0 Å². The number of phenols is 2. The molecule has 0 amide bonds. The lowest BCUT2D eigenvalue weighted by Gasteiger charge is -2.46. The molecular weight excluding hydrogens is 1240 g/mol. The Labute approximate surface area is 544 Å². The fraction of sp³-hybridized carbons (Fsp3) is 0.723. The highest BCUT2D eigenvalue weighted by molar-refractivity contribution is 6.11. The minimum Gasteiger partial charge on any atom is -0.507 e. The molecule has 5 heterocycles. The van der Waals surface area contributed by atoms with E-state index in [2.05, 4.69) is 6.58 Å². The molecule has 0 spiro atoms. The van der Waals surface area contributed by atoms with E-state index in [1.807, 2.05) is 0 Å². The van der Waals surface area contributed by atoms with E-state index < -0.39 is 200 Å². The second-order valence-corrected chi connectivity index (χ2v) is 25.4. The third kappa shape index (κ3) is 17.2. The van der Waals surface area contributed by atoms with Crippen LogP contribution in [0.5, 0.6) is 17.2 Å². The van der Waals surface area contributed by atoms with Crippen molar-refractivity contribution in [2.24, 2.45) is 5.92 Å². The Bertz CT molecular complexity index is 3000. The molecular formula is C65H92O29. The van der Waals surface area contributed by atoms with E-state index >= 15 is 4.79 Å². The van der Waals surface area contributed by atoms with Gasteiger partial charge in [-0.15, -0.1) is 0 Å². The zero-order valence-corrected chi connectivity index (χ0v) is 55.0. The van der Waals surface area contributed by atoms with Crippen LogP contribution in [0.25, 0.3) is 10.8 Å². The van der Waals surface area contributed by atoms with Gasteiger partial charge in [-0.3, -0.25) is 28.8 Å². The first-order valence-electron chi connectivity index (χ1n) is 31.8. The maximum absolute atomic E-state index is 15.4. The van der Waals surface area contributed by atoms with Gasteiger partial charge in [-0.25, -0.2) is 0 Å². The van der Waals surface area contributed by atoms with Crippen molar-refractivity contribution in [2.75, 3.05) is 14.2 Å². The fourth-order valence-corrected chi connectivity index (χ4v) is 13.4. The summed E-state index contributed by atoms with van der Waals surface area (Å²) in [6.45, 7) is 18.1. The number of fused-ring (bicyclic) bond motifs is 2. The van der Waals surface area contributed by atoms with Crippen LogP contribution in [0.1, 0.15) is 142 Å². The van der Waals surface area contributed by atoms with Crippen LogP contribution in [0.15, 0.2) is 25.0 Å². The van der Waals surface area contributed by atoms with Gasteiger partial charge < -0.3 is 112 Å². The summed E-state index contributed by atoms with van der Waals surface area (Å²) in [4.78, 5) is 79.1. The highest BCUT2D eigenvalue weighted by Gasteiger charge is 2.53. The van der Waals surface area contributed by atoms with Gasteiger partial charge in [0, 0.05) is 84.5 Å². The van der Waals surface area contributed by atoms with Gasteiger partial charge in [0.2, 0.25) is 6.29 Å². The minimum atomic E-state index is -2.05. The standard InChI is InChI=1S/C65H92O29/c1-14-81-44(69)17-15-16-18-45(70)82-30(5)56(74)59(77)62(80-13)38-20-36-19-37-21-40(90-48-25-43(61(32(7)86-48)88-34(9)66)93-46-22-39(68)60(79-12)31(6)85-46)27(2)53(71)51(37)57(75)52(36)58(76)63(38)94-49-24-41(54(72)29(4)84-49)91-47-23-42(55(73)28(3)83-47)92-50-26-65(11,78)64(33(8)87-50)89-35(10)67/h14,19,21,28-33,38-39,41-43,46-50,54-56,60-64,68,71-75,78H,1,15-18,20,22-26H2,2-13H3/t28-,29-,30-,31-,32-,33+,38+,39-,41-,42-,43-,46-,47+,48+,49+,50+,54-,55-,56+,60+,61+,62+,63+,64+,65+/m1/s1. The number of aliphatic hydroxyl groups excluding tert-OH is 4. The highest BCUT2D eigenvalue weighted by atomic mass is 16.7. The number of esters is 4. The Hall–Kier alpha value is -5.58. The van der Waals surface area contributed by atoms with Gasteiger partial charge in [0.15, 0.2) is 55.0 Å². The molecule has 0 bridgehead atoms. The zero-order chi connectivity index (χ0) is 68.9. The molecule has 7 N–H and O–H groups in total. The summed E-state index contributed by atoms with van der Waals surface area (Å²) in [5, 5.41) is 81.1. The van der Waals surface area contributed by atoms with Crippen LogP contribution in [-0.4, -0.2) is 232 Å². The first-order chi connectivity index (χ1) is 44.3. The van der Waals surface area contributed by atoms with Crippen LogP contribution >= 0.6 is 0 Å². The Morgan fingerprint density at radius 1 is 0.713 bits per heavy atom. The summed E-state index contributed by atoms with van der Waals surface area (Å²) >= 11 is 0. The molecule has 2 aromatic rings. The Morgan fingerprint density at radius 2 is 1.26 bits per heavy atom. The Kier molecular flexibility index (Phi) is 25.1. The summed E-state index contributed by atoms with van der Waals surface area (Å²) in [6, 6.07) is 3.00. The molecule has 0 radical (unpaired) electrons. The third-order valence-corrected chi connectivity index (χ3v) is 18.2. The molecule has 94 heavy (non-hydrogen) atoms. The van der Waals surface area contributed by atoms with Crippen molar-refractivity contribution < 1.29 is 140 Å². The first kappa shape index (κ1) is 74.2. The lowest BCUT2D eigenvalue weighted by molar-refractivity contribution is -0.334. The van der Waals surface area contributed by atoms with Crippen molar-refractivity contribution in [3.8, 4) is 17.2 Å². The lowest BCUT2D eigenvalue weighted by Crippen LogP contribution is -2.59. The van der Waals surface area contributed by atoms with Crippen molar-refractivity contribution >= 4 is 46.2 Å². The van der Waals surface area contributed by atoms with Crippen LogP contribution in [0, 0.1) is 12.8 Å². The van der Waals surface area contributed by atoms with E-state index in [9.17, 15) is 59.7 Å². The van der Waals surface area contributed by atoms with E-state index in [1.54, 1.807) is 27.7 Å². The van der Waals surface area contributed by atoms with Gasteiger partial charge in [-0.1, -0.05) is 6.58 Å². The number of hydrogen-bond donors (Lipinski definition) is 7. The largest absolute Gasteiger partial charge is 0.507 e. The summed E-state index contributed by atoms with van der Waals surface area (Å²) in [5.74, 6) is -6.98. The number of carbonyl (C=O) groups is 6. The average molecular weight is 1340 g/mol. The molecule has 5 aliphatic heterocycles. The summed E-state index contributed by atoms with van der Waals surface area (Å²) in [5.41, 5.74) is -1.65. The molecule has 0 unspecified atom stereocenters. The number of aromatic hydroxyl groups is 2. The number of aliphatic hydroxyl groups is 5. The smallest absolute Gasteiger partial charge is 0.310 e. The monoisotopic (exact) mass is 1340 g/mol. The molecule has 5 saturated heterocycles. The third-order valence-electron chi connectivity index (χ3n) is 18.2. The highest BCUT2D eigenvalue weighted by Crippen LogP contribution is 2.48. The second kappa shape index (κ2) is 31.7. The number of unbranched alkanes of at least 4 members (excludes halogenated alkanes) is 1. The number of methoxy groups -OCH3 is 2. The van der Waals surface area contributed by atoms with Crippen LogP contribution in [-0.2, 0) is 101 Å². The van der Waals surface area contributed by atoms with Gasteiger partial charge in [0.05, 0.1) is 66.0 Å². The van der Waals surface area contributed by atoms with Crippen LogP contribution in [0.2, 0.25) is 0 Å². The second-order valence-electron chi connectivity index (χ2n) is 25.4. The number of Topliss-reactive ketones (excluding diaryl/α,β-unsaturated/α-hetero) is 2. The number of benzene rings is 2. The number of phenolic OH excluding ortho intramolecular Hbond substituents is 2. The van der Waals surface area contributed by atoms with Gasteiger partial charge in [-0.05, 0) is 97.7 Å². The zero-order valence-electron chi connectivity index (χ0n) is 55.0. The SMILES string of the molecule is C=COC(=O)CCCCC(=O)O[C@H](C)[C@H](O)C(=O)[C@@H](OC)[C@@H]1Cc2cc3cc(O[C@H]4C[C@@H](O[C@@H]5C[C@@H](O)[C@@H](OC)[C@@H](C)O5)[C@@H](OC(C)=O)[C@@H](C)O4)c(C)c(O)c3c(O)c2C(=O)[C@H]1O[C@H]1C[C@@H](O[C@H]2C[C@@H](O[C@H]3C[C@](C)(O)[C@@H](OC(C)=O)[C@H](C)O3)[C@H](O)[C@@H](C)O2)[C@H](O)[C@@H](C)O1. The average Bonchev–Trinajstić information content (AvgIpc) is 0.734. The van der Waals surface area contributed by atoms with Gasteiger partial charge in [0.25, 0.3) is 0 Å².